The Balaban J connectivity index is 1.69. The highest BCUT2D eigenvalue weighted by Crippen LogP contribution is 2.28. The molecule has 0 unspecified atom stereocenters. The molecule has 0 radical (unpaired) electrons. The number of Topliss-reactive ketones (excluding diaryl/α,β-unsaturated/α-hetero) is 1. The number of ether oxygens (including phenoxy) is 1. The number of rotatable bonds is 7. The number of hydrogen-bond acceptors (Lipinski definition) is 6. The van der Waals surface area contributed by atoms with Crippen LogP contribution in [0.3, 0.4) is 0 Å². The number of sulfonamides is 1. The van der Waals surface area contributed by atoms with Gasteiger partial charge in [-0.2, -0.15) is 4.31 Å². The van der Waals surface area contributed by atoms with Gasteiger partial charge in [0.25, 0.3) is 5.91 Å². The fourth-order valence-corrected chi connectivity index (χ4v) is 5.21. The topological polar surface area (TPSA) is 110 Å². The second-order valence-corrected chi connectivity index (χ2v) is 9.30. The average molecular weight is 465 g/mol. The van der Waals surface area contributed by atoms with E-state index in [2.05, 4.69) is 5.32 Å². The Morgan fingerprint density at radius 1 is 1.10 bits per heavy atom. The molecule has 0 saturated carbocycles. The van der Waals surface area contributed by atoms with Crippen LogP contribution in [0.5, 0.6) is 0 Å². The summed E-state index contributed by atoms with van der Waals surface area (Å²) in [5, 5.41) is 2.52. The minimum Gasteiger partial charge on any atom is -0.452 e. The van der Waals surface area contributed by atoms with E-state index in [1.165, 1.54) is 23.4 Å². The lowest BCUT2D eigenvalue weighted by molar-refractivity contribution is -0.119. The summed E-state index contributed by atoms with van der Waals surface area (Å²) in [6.07, 6.45) is 1.53. The van der Waals surface area contributed by atoms with Gasteiger partial charge in [-0.25, -0.2) is 13.2 Å². The highest BCUT2D eigenvalue weighted by Gasteiger charge is 2.30. The van der Waals surface area contributed by atoms with Gasteiger partial charge in [-0.3, -0.25) is 9.59 Å². The number of nitrogens with one attached hydrogen (secondary N) is 1. The summed E-state index contributed by atoms with van der Waals surface area (Å²) in [6.45, 7) is 1.56. The Morgan fingerprint density at radius 2 is 1.77 bits per heavy atom. The summed E-state index contributed by atoms with van der Waals surface area (Å²) in [6, 6.07) is 10.2. The summed E-state index contributed by atoms with van der Waals surface area (Å²) in [7, 11) is -3.83. The maximum absolute atomic E-state index is 12.8. The smallest absolute Gasteiger partial charge is 0.338 e. The maximum Gasteiger partial charge on any atom is 0.338 e. The molecule has 2 aromatic rings. The average Bonchev–Trinajstić information content (AvgIpc) is 3.28. The largest absolute Gasteiger partial charge is 0.452 e. The van der Waals surface area contributed by atoms with Crippen molar-refractivity contribution in [3.63, 3.8) is 0 Å². The molecule has 8 nitrogen and oxygen atoms in total. The van der Waals surface area contributed by atoms with Crippen LogP contribution in [0.1, 0.15) is 40.5 Å². The van der Waals surface area contributed by atoms with Crippen LogP contribution in [0.25, 0.3) is 0 Å². The second kappa shape index (κ2) is 9.59. The first-order chi connectivity index (χ1) is 14.7. The lowest BCUT2D eigenvalue weighted by atomic mass is 10.1. The zero-order valence-corrected chi connectivity index (χ0v) is 18.3. The number of esters is 1. The minimum absolute atomic E-state index is 0.00188. The summed E-state index contributed by atoms with van der Waals surface area (Å²) < 4.78 is 31.9. The van der Waals surface area contributed by atoms with Gasteiger partial charge in [-0.05, 0) is 50.1 Å². The zero-order valence-electron chi connectivity index (χ0n) is 16.8. The summed E-state index contributed by atoms with van der Waals surface area (Å²) in [5.41, 5.74) is 0.595. The molecule has 1 aliphatic rings. The van der Waals surface area contributed by atoms with E-state index in [0.29, 0.717) is 24.3 Å². The van der Waals surface area contributed by atoms with Gasteiger partial charge in [0.05, 0.1) is 16.3 Å². The first kappa shape index (κ1) is 22.9. The van der Waals surface area contributed by atoms with Crippen molar-refractivity contribution in [3.8, 4) is 0 Å². The molecule has 1 heterocycles. The van der Waals surface area contributed by atoms with E-state index in [4.69, 9.17) is 16.3 Å². The van der Waals surface area contributed by atoms with Crippen LogP contribution in [0.15, 0.2) is 47.4 Å². The number of carbonyl (C=O) groups is 3. The second-order valence-electron chi connectivity index (χ2n) is 6.98. The number of para-hydroxylation sites is 1. The molecule has 1 fully saturated rings. The molecule has 0 atom stereocenters. The third-order valence-corrected chi connectivity index (χ3v) is 7.14. The van der Waals surface area contributed by atoms with E-state index in [1.54, 1.807) is 24.3 Å². The molecule has 2 aromatic carbocycles. The maximum atomic E-state index is 12.8. The van der Waals surface area contributed by atoms with Crippen molar-refractivity contribution in [2.75, 3.05) is 25.0 Å². The number of benzene rings is 2. The van der Waals surface area contributed by atoms with E-state index in [9.17, 15) is 22.8 Å². The van der Waals surface area contributed by atoms with Crippen LogP contribution in [-0.2, 0) is 19.6 Å². The number of halogens is 1. The van der Waals surface area contributed by atoms with E-state index in [0.717, 1.165) is 18.9 Å². The van der Waals surface area contributed by atoms with Crippen LogP contribution in [0, 0.1) is 0 Å². The lowest BCUT2D eigenvalue weighted by Crippen LogP contribution is -2.28. The van der Waals surface area contributed by atoms with Crippen LogP contribution in [-0.4, -0.2) is 50.1 Å². The molecular weight excluding hydrogens is 444 g/mol. The van der Waals surface area contributed by atoms with Crippen molar-refractivity contribution < 1.29 is 27.5 Å². The van der Waals surface area contributed by atoms with Gasteiger partial charge in [-0.15, -0.1) is 0 Å². The number of carbonyl (C=O) groups excluding carboxylic acids is 3. The highest BCUT2D eigenvalue weighted by molar-refractivity contribution is 7.89. The Kier molecular flexibility index (Phi) is 7.09. The molecule has 1 N–H and O–H groups in total. The molecule has 0 aliphatic carbocycles. The summed E-state index contributed by atoms with van der Waals surface area (Å²) >= 11 is 6.07. The number of hydrogen-bond donors (Lipinski definition) is 1. The molecule has 1 amide bonds. The van der Waals surface area contributed by atoms with E-state index < -0.39 is 28.5 Å². The standard InChI is InChI=1S/C21H21ClN2O6S/c1-14(25)16-6-2-3-7-18(16)23-20(26)13-30-21(27)15-8-9-17(22)19(12-15)31(28,29)24-10-4-5-11-24/h2-3,6-9,12H,4-5,10-11,13H2,1H3,(H,23,26). The van der Waals surface area contributed by atoms with Gasteiger partial charge in [0, 0.05) is 18.7 Å². The van der Waals surface area contributed by atoms with E-state index >= 15 is 0 Å². The first-order valence-electron chi connectivity index (χ1n) is 9.57. The van der Waals surface area contributed by atoms with Crippen molar-refractivity contribution in [1.29, 1.82) is 0 Å². The van der Waals surface area contributed by atoms with Crippen LogP contribution in [0.4, 0.5) is 5.69 Å². The third-order valence-electron chi connectivity index (χ3n) is 4.76. The van der Waals surface area contributed by atoms with Crippen LogP contribution in [0.2, 0.25) is 5.02 Å². The number of anilines is 1. The SMILES string of the molecule is CC(=O)c1ccccc1NC(=O)COC(=O)c1ccc(Cl)c(S(=O)(=O)N2CCCC2)c1. The normalized spacial score (nSPS) is 14.3. The van der Waals surface area contributed by atoms with Gasteiger partial charge in [0.2, 0.25) is 10.0 Å². The van der Waals surface area contributed by atoms with Crippen molar-refractivity contribution in [1.82, 2.24) is 4.31 Å². The molecule has 164 valence electrons. The number of nitrogens with zero attached hydrogens (tertiary/aromatic N) is 1. The Hall–Kier alpha value is -2.75. The number of ketones is 1. The lowest BCUT2D eigenvalue weighted by Gasteiger charge is -2.17. The van der Waals surface area contributed by atoms with E-state index in [-0.39, 0.29) is 21.3 Å². The monoisotopic (exact) mass is 464 g/mol. The first-order valence-corrected chi connectivity index (χ1v) is 11.4. The quantitative estimate of drug-likeness (QED) is 0.498. The van der Waals surface area contributed by atoms with Gasteiger partial charge in [0.1, 0.15) is 4.90 Å². The third kappa shape index (κ3) is 5.30. The Labute approximate surface area is 185 Å². The van der Waals surface area contributed by atoms with Crippen LogP contribution >= 0.6 is 11.6 Å². The predicted octanol–water partition coefficient (Wildman–Crippen LogP) is 3.12. The Morgan fingerprint density at radius 3 is 2.45 bits per heavy atom. The van der Waals surface area contributed by atoms with Gasteiger partial charge in [-0.1, -0.05) is 23.7 Å². The van der Waals surface area contributed by atoms with Crippen LogP contribution < -0.4 is 5.32 Å². The molecular formula is C21H21ClN2O6S. The molecule has 1 aliphatic heterocycles. The van der Waals surface area contributed by atoms with Crippen molar-refractivity contribution in [2.24, 2.45) is 0 Å². The summed E-state index contributed by atoms with van der Waals surface area (Å²) in [4.78, 5) is 36.0. The van der Waals surface area contributed by atoms with Crippen molar-refractivity contribution in [2.45, 2.75) is 24.7 Å². The fourth-order valence-electron chi connectivity index (χ4n) is 3.20. The summed E-state index contributed by atoms with van der Waals surface area (Å²) in [5.74, 6) is -1.73. The molecule has 0 aromatic heterocycles. The molecule has 31 heavy (non-hydrogen) atoms. The minimum atomic E-state index is -3.83. The molecule has 1 saturated heterocycles. The van der Waals surface area contributed by atoms with Gasteiger partial charge < -0.3 is 10.1 Å². The molecule has 0 spiro atoms. The van der Waals surface area contributed by atoms with Crippen molar-refractivity contribution >= 4 is 45.0 Å². The molecule has 0 bridgehead atoms. The fraction of sp³-hybridized carbons (Fsp3) is 0.286. The highest BCUT2D eigenvalue weighted by atomic mass is 35.5. The predicted molar refractivity (Wildman–Crippen MR) is 115 cm³/mol. The van der Waals surface area contributed by atoms with Gasteiger partial charge >= 0.3 is 5.97 Å². The number of amides is 1. The van der Waals surface area contributed by atoms with Gasteiger partial charge in [0.15, 0.2) is 12.4 Å². The Bertz CT molecular complexity index is 1130. The van der Waals surface area contributed by atoms with Crippen molar-refractivity contribution in [3.05, 3.63) is 58.6 Å². The van der Waals surface area contributed by atoms with E-state index in [1.807, 2.05) is 0 Å². The zero-order chi connectivity index (χ0) is 22.6. The molecule has 10 heteroatoms. The molecule has 3 rings (SSSR count).